The predicted molar refractivity (Wildman–Crippen MR) is 63.7 cm³/mol. The van der Waals surface area contributed by atoms with Crippen molar-refractivity contribution >= 4 is 5.97 Å². The third kappa shape index (κ3) is 8.46. The van der Waals surface area contributed by atoms with E-state index in [0.29, 0.717) is 6.42 Å². The average molecular weight is 213 g/mol. The lowest BCUT2D eigenvalue weighted by Gasteiger charge is -2.08. The topological polar surface area (TPSA) is 37.3 Å². The van der Waals surface area contributed by atoms with Crippen molar-refractivity contribution in [1.82, 2.24) is 0 Å². The Balaban J connectivity index is 3.25. The van der Waals surface area contributed by atoms with Gasteiger partial charge in [0.15, 0.2) is 0 Å². The van der Waals surface area contributed by atoms with Gasteiger partial charge in [-0.15, -0.1) is 0 Å². The molecule has 1 N–H and O–H groups in total. The quantitative estimate of drug-likeness (QED) is 0.556. The van der Waals surface area contributed by atoms with E-state index in [0.717, 1.165) is 12.8 Å². The number of aliphatic carboxylic acids is 1. The first-order chi connectivity index (χ1) is 7.22. The lowest BCUT2D eigenvalue weighted by Crippen LogP contribution is -2.12. The van der Waals surface area contributed by atoms with E-state index in [1.807, 2.05) is 13.3 Å². The molecule has 0 heterocycles. The van der Waals surface area contributed by atoms with Crippen molar-refractivity contribution in [3.05, 3.63) is 6.42 Å². The van der Waals surface area contributed by atoms with E-state index in [9.17, 15) is 4.79 Å². The molecule has 1 atom stereocenters. The first kappa shape index (κ1) is 14.5. The van der Waals surface area contributed by atoms with E-state index < -0.39 is 5.97 Å². The Labute approximate surface area is 94.1 Å². The standard InChI is InChI=1S/C13H25O2/c1-3-5-6-7-8-9-10-11-12(4-2)13(14)15/h11-12H,3-10H2,1-2H3,(H,14,15)/t12-/m1/s1. The molecule has 0 aliphatic heterocycles. The van der Waals surface area contributed by atoms with E-state index in [4.69, 9.17) is 5.11 Å². The van der Waals surface area contributed by atoms with Crippen LogP contribution in [0.4, 0.5) is 0 Å². The molecular weight excluding hydrogens is 188 g/mol. The summed E-state index contributed by atoms with van der Waals surface area (Å²) in [6, 6.07) is 0. The minimum atomic E-state index is -0.677. The Morgan fingerprint density at radius 1 is 1.13 bits per heavy atom. The van der Waals surface area contributed by atoms with Crippen LogP contribution in [0.2, 0.25) is 0 Å². The molecule has 0 aromatic heterocycles. The van der Waals surface area contributed by atoms with E-state index in [2.05, 4.69) is 6.92 Å². The highest BCUT2D eigenvalue weighted by atomic mass is 16.4. The molecule has 0 saturated carbocycles. The fourth-order valence-corrected chi connectivity index (χ4v) is 1.69. The molecule has 0 bridgehead atoms. The maximum absolute atomic E-state index is 10.7. The van der Waals surface area contributed by atoms with Crippen LogP contribution in [0.1, 0.15) is 65.2 Å². The third-order valence-corrected chi connectivity index (χ3v) is 2.77. The Morgan fingerprint density at radius 3 is 2.27 bits per heavy atom. The summed E-state index contributed by atoms with van der Waals surface area (Å²) >= 11 is 0. The summed E-state index contributed by atoms with van der Waals surface area (Å²) in [5, 5.41) is 8.81. The van der Waals surface area contributed by atoms with Crippen LogP contribution < -0.4 is 0 Å². The van der Waals surface area contributed by atoms with Crippen molar-refractivity contribution in [1.29, 1.82) is 0 Å². The zero-order chi connectivity index (χ0) is 11.5. The second kappa shape index (κ2) is 10.0. The van der Waals surface area contributed by atoms with Crippen LogP contribution in [0.25, 0.3) is 0 Å². The maximum atomic E-state index is 10.7. The van der Waals surface area contributed by atoms with E-state index in [1.54, 1.807) is 0 Å². The summed E-state index contributed by atoms with van der Waals surface area (Å²) in [5.74, 6) is -0.913. The molecular formula is C13H25O2. The SMILES string of the molecule is CCCCCCCC[CH][C@@H](CC)C(=O)O. The molecule has 2 nitrogen and oxygen atoms in total. The smallest absolute Gasteiger partial charge is 0.306 e. The van der Waals surface area contributed by atoms with Gasteiger partial charge in [0.1, 0.15) is 0 Å². The molecule has 0 rings (SSSR count). The van der Waals surface area contributed by atoms with Gasteiger partial charge in [-0.25, -0.2) is 0 Å². The Morgan fingerprint density at radius 2 is 1.73 bits per heavy atom. The average Bonchev–Trinajstić information content (AvgIpc) is 2.21. The van der Waals surface area contributed by atoms with Crippen molar-refractivity contribution in [3.8, 4) is 0 Å². The Hall–Kier alpha value is -0.530. The van der Waals surface area contributed by atoms with Gasteiger partial charge in [-0.3, -0.25) is 4.79 Å². The number of carbonyl (C=O) groups is 1. The van der Waals surface area contributed by atoms with Crippen LogP contribution in [0.15, 0.2) is 0 Å². The monoisotopic (exact) mass is 213 g/mol. The molecule has 0 spiro atoms. The van der Waals surface area contributed by atoms with E-state index in [-0.39, 0.29) is 5.92 Å². The highest BCUT2D eigenvalue weighted by Crippen LogP contribution is 2.14. The summed E-state index contributed by atoms with van der Waals surface area (Å²) in [6.07, 6.45) is 11.3. The van der Waals surface area contributed by atoms with Gasteiger partial charge in [-0.05, 0) is 19.3 Å². The number of rotatable bonds is 10. The molecule has 0 unspecified atom stereocenters. The van der Waals surface area contributed by atoms with Crippen LogP contribution in [-0.4, -0.2) is 11.1 Å². The van der Waals surface area contributed by atoms with Gasteiger partial charge in [0.25, 0.3) is 0 Å². The Bertz CT molecular complexity index is 155. The number of hydrogen-bond acceptors (Lipinski definition) is 1. The zero-order valence-electron chi connectivity index (χ0n) is 10.2. The first-order valence-corrected chi connectivity index (χ1v) is 6.28. The van der Waals surface area contributed by atoms with Crippen molar-refractivity contribution in [2.45, 2.75) is 65.2 Å². The first-order valence-electron chi connectivity index (χ1n) is 6.28. The number of carboxylic acid groups (broad SMARTS) is 1. The lowest BCUT2D eigenvalue weighted by atomic mass is 9.98. The fraction of sp³-hybridized carbons (Fsp3) is 0.846. The number of hydrogen-bond donors (Lipinski definition) is 1. The molecule has 0 aliphatic carbocycles. The largest absolute Gasteiger partial charge is 0.481 e. The molecule has 89 valence electrons. The van der Waals surface area contributed by atoms with Crippen molar-refractivity contribution in [2.24, 2.45) is 5.92 Å². The molecule has 0 saturated heterocycles. The molecule has 0 aromatic carbocycles. The van der Waals surface area contributed by atoms with Crippen LogP contribution in [-0.2, 0) is 4.79 Å². The summed E-state index contributed by atoms with van der Waals surface area (Å²) in [6.45, 7) is 4.14. The third-order valence-electron chi connectivity index (χ3n) is 2.77. The van der Waals surface area contributed by atoms with Gasteiger partial charge in [-0.2, -0.15) is 0 Å². The highest BCUT2D eigenvalue weighted by molar-refractivity contribution is 5.71. The van der Waals surface area contributed by atoms with Crippen LogP contribution in [0, 0.1) is 12.3 Å². The minimum absolute atomic E-state index is 0.236. The van der Waals surface area contributed by atoms with Gasteiger partial charge < -0.3 is 5.11 Å². The van der Waals surface area contributed by atoms with E-state index in [1.165, 1.54) is 32.1 Å². The van der Waals surface area contributed by atoms with E-state index >= 15 is 0 Å². The van der Waals surface area contributed by atoms with Gasteiger partial charge >= 0.3 is 5.97 Å². The lowest BCUT2D eigenvalue weighted by molar-refractivity contribution is -0.140. The minimum Gasteiger partial charge on any atom is -0.481 e. The normalized spacial score (nSPS) is 12.7. The molecule has 0 aromatic rings. The second-order valence-corrected chi connectivity index (χ2v) is 4.15. The number of unbranched alkanes of at least 4 members (excludes halogenated alkanes) is 6. The summed E-state index contributed by atoms with van der Waals surface area (Å²) in [5.41, 5.74) is 0. The second-order valence-electron chi connectivity index (χ2n) is 4.15. The van der Waals surface area contributed by atoms with Gasteiger partial charge in [0, 0.05) is 0 Å². The highest BCUT2D eigenvalue weighted by Gasteiger charge is 2.13. The molecule has 0 amide bonds. The van der Waals surface area contributed by atoms with Crippen molar-refractivity contribution < 1.29 is 9.90 Å². The van der Waals surface area contributed by atoms with Crippen LogP contribution in [0.5, 0.6) is 0 Å². The Kier molecular flexibility index (Phi) is 9.65. The van der Waals surface area contributed by atoms with Gasteiger partial charge in [-0.1, -0.05) is 52.4 Å². The van der Waals surface area contributed by atoms with Gasteiger partial charge in [0.05, 0.1) is 5.92 Å². The number of carboxylic acids is 1. The summed E-state index contributed by atoms with van der Waals surface area (Å²) in [4.78, 5) is 10.7. The zero-order valence-corrected chi connectivity index (χ0v) is 10.2. The summed E-state index contributed by atoms with van der Waals surface area (Å²) < 4.78 is 0. The van der Waals surface area contributed by atoms with Gasteiger partial charge in [0.2, 0.25) is 0 Å². The molecule has 1 radical (unpaired) electrons. The van der Waals surface area contributed by atoms with Crippen LogP contribution in [0.3, 0.4) is 0 Å². The maximum Gasteiger partial charge on any atom is 0.306 e. The molecule has 0 fully saturated rings. The predicted octanol–water partition coefficient (Wildman–Crippen LogP) is 4.05. The fourth-order valence-electron chi connectivity index (χ4n) is 1.69. The molecule has 15 heavy (non-hydrogen) atoms. The molecule has 2 heteroatoms. The van der Waals surface area contributed by atoms with Crippen LogP contribution >= 0.6 is 0 Å². The summed E-state index contributed by atoms with van der Waals surface area (Å²) in [7, 11) is 0. The molecule has 0 aliphatic rings. The van der Waals surface area contributed by atoms with Crippen molar-refractivity contribution in [3.63, 3.8) is 0 Å². The van der Waals surface area contributed by atoms with Crippen molar-refractivity contribution in [2.75, 3.05) is 0 Å².